The summed E-state index contributed by atoms with van der Waals surface area (Å²) in [4.78, 5) is 11.5. The maximum atomic E-state index is 13.3. The van der Waals surface area contributed by atoms with Crippen molar-refractivity contribution in [2.24, 2.45) is 0 Å². The van der Waals surface area contributed by atoms with Crippen LogP contribution in [-0.2, 0) is 21.2 Å². The standard InChI is InChI=1S/C17H20N2O5S2/c20-19(21)16-5-1-2-6-17(16)26(22,23)18(14-8-11-24-12-9-14)10-7-15-4-3-13-25-15/h1-6,13-14H,7-12H2. The fraction of sp³-hybridized carbons (Fsp3) is 0.412. The van der Waals surface area contributed by atoms with Gasteiger partial charge in [0.2, 0.25) is 10.0 Å². The summed E-state index contributed by atoms with van der Waals surface area (Å²) >= 11 is 1.57. The number of hydrogen-bond acceptors (Lipinski definition) is 6. The highest BCUT2D eigenvalue weighted by Crippen LogP contribution is 2.30. The zero-order valence-electron chi connectivity index (χ0n) is 14.1. The molecule has 140 valence electrons. The van der Waals surface area contributed by atoms with E-state index in [2.05, 4.69) is 0 Å². The third kappa shape index (κ3) is 4.12. The molecule has 0 amide bonds. The molecule has 1 aromatic heterocycles. The second-order valence-electron chi connectivity index (χ2n) is 6.01. The van der Waals surface area contributed by atoms with Gasteiger partial charge in [-0.25, -0.2) is 8.42 Å². The zero-order valence-corrected chi connectivity index (χ0v) is 15.7. The summed E-state index contributed by atoms with van der Waals surface area (Å²) in [5.41, 5.74) is -0.388. The van der Waals surface area contributed by atoms with E-state index >= 15 is 0 Å². The fourth-order valence-electron chi connectivity index (χ4n) is 3.10. The predicted molar refractivity (Wildman–Crippen MR) is 98.9 cm³/mol. The van der Waals surface area contributed by atoms with E-state index in [9.17, 15) is 18.5 Å². The molecule has 7 nitrogen and oxygen atoms in total. The van der Waals surface area contributed by atoms with Gasteiger partial charge in [0.25, 0.3) is 5.69 Å². The van der Waals surface area contributed by atoms with Crippen LogP contribution in [0.5, 0.6) is 0 Å². The van der Waals surface area contributed by atoms with Crippen LogP contribution in [0.3, 0.4) is 0 Å². The van der Waals surface area contributed by atoms with E-state index in [1.807, 2.05) is 17.5 Å². The van der Waals surface area contributed by atoms with E-state index in [-0.39, 0.29) is 16.6 Å². The smallest absolute Gasteiger partial charge is 0.289 e. The summed E-state index contributed by atoms with van der Waals surface area (Å²) in [5, 5.41) is 13.3. The summed E-state index contributed by atoms with van der Waals surface area (Å²) < 4.78 is 33.4. The maximum Gasteiger partial charge on any atom is 0.289 e. The van der Waals surface area contributed by atoms with Crippen LogP contribution in [-0.4, -0.2) is 43.4 Å². The van der Waals surface area contributed by atoms with Crippen LogP contribution in [0.25, 0.3) is 0 Å². The largest absolute Gasteiger partial charge is 0.381 e. The first-order chi connectivity index (χ1) is 12.5. The predicted octanol–water partition coefficient (Wildman–Crippen LogP) is 3.07. The summed E-state index contributed by atoms with van der Waals surface area (Å²) in [6, 6.07) is 9.20. The molecule has 1 aromatic carbocycles. The van der Waals surface area contributed by atoms with Gasteiger partial charge in [-0.3, -0.25) is 10.1 Å². The van der Waals surface area contributed by atoms with Crippen LogP contribution in [0.2, 0.25) is 0 Å². The van der Waals surface area contributed by atoms with Gasteiger partial charge in [0.05, 0.1) is 4.92 Å². The van der Waals surface area contributed by atoms with Gasteiger partial charge in [-0.2, -0.15) is 4.31 Å². The lowest BCUT2D eigenvalue weighted by atomic mass is 10.1. The summed E-state index contributed by atoms with van der Waals surface area (Å²) in [5.74, 6) is 0. The van der Waals surface area contributed by atoms with E-state index in [1.54, 1.807) is 11.3 Å². The Morgan fingerprint density at radius 3 is 2.58 bits per heavy atom. The molecule has 2 aromatic rings. The number of rotatable bonds is 7. The first-order valence-corrected chi connectivity index (χ1v) is 10.7. The molecular weight excluding hydrogens is 376 g/mol. The molecule has 0 bridgehead atoms. The number of nitrogens with zero attached hydrogens (tertiary/aromatic N) is 2. The molecule has 0 spiro atoms. The van der Waals surface area contributed by atoms with E-state index in [0.717, 1.165) is 4.88 Å². The molecule has 1 aliphatic heterocycles. The van der Waals surface area contributed by atoms with Crippen LogP contribution in [0.15, 0.2) is 46.7 Å². The number of sulfonamides is 1. The Bertz CT molecular complexity index is 846. The fourth-order valence-corrected chi connectivity index (χ4v) is 5.64. The van der Waals surface area contributed by atoms with Crippen molar-refractivity contribution in [3.63, 3.8) is 0 Å². The molecular formula is C17H20N2O5S2. The lowest BCUT2D eigenvalue weighted by Crippen LogP contribution is -2.44. The van der Waals surface area contributed by atoms with Gasteiger partial charge < -0.3 is 4.74 Å². The van der Waals surface area contributed by atoms with Crippen LogP contribution < -0.4 is 0 Å². The molecule has 0 unspecified atom stereocenters. The van der Waals surface area contributed by atoms with Crippen molar-refractivity contribution in [1.82, 2.24) is 4.31 Å². The van der Waals surface area contributed by atoms with Crippen molar-refractivity contribution in [3.8, 4) is 0 Å². The monoisotopic (exact) mass is 396 g/mol. The Kier molecular flexibility index (Phi) is 6.02. The molecule has 0 N–H and O–H groups in total. The Hall–Kier alpha value is -1.81. The van der Waals surface area contributed by atoms with E-state index in [4.69, 9.17) is 4.74 Å². The van der Waals surface area contributed by atoms with Gasteiger partial charge in [-0.15, -0.1) is 11.3 Å². The van der Waals surface area contributed by atoms with Crippen molar-refractivity contribution < 1.29 is 18.1 Å². The molecule has 0 saturated carbocycles. The van der Waals surface area contributed by atoms with Gasteiger partial charge in [-0.05, 0) is 36.8 Å². The van der Waals surface area contributed by atoms with Crippen LogP contribution >= 0.6 is 11.3 Å². The topological polar surface area (TPSA) is 89.8 Å². The molecule has 1 saturated heterocycles. The second kappa shape index (κ2) is 8.26. The van der Waals surface area contributed by atoms with Gasteiger partial charge in [0.15, 0.2) is 4.90 Å². The SMILES string of the molecule is O=[N+]([O-])c1ccccc1S(=O)(=O)N(CCc1cccs1)C1CCOCC1. The minimum absolute atomic E-state index is 0.214. The first-order valence-electron chi connectivity index (χ1n) is 8.35. The van der Waals surface area contributed by atoms with Crippen LogP contribution in [0.4, 0.5) is 5.69 Å². The van der Waals surface area contributed by atoms with E-state index < -0.39 is 14.9 Å². The quantitative estimate of drug-likeness (QED) is 0.530. The van der Waals surface area contributed by atoms with E-state index in [1.165, 1.54) is 28.6 Å². The van der Waals surface area contributed by atoms with Crippen LogP contribution in [0.1, 0.15) is 17.7 Å². The third-order valence-electron chi connectivity index (χ3n) is 4.41. The Morgan fingerprint density at radius 2 is 1.92 bits per heavy atom. The molecule has 0 atom stereocenters. The molecule has 0 aliphatic carbocycles. The summed E-state index contributed by atoms with van der Waals surface area (Å²) in [7, 11) is -3.99. The second-order valence-corrected chi connectivity index (χ2v) is 8.90. The van der Waals surface area contributed by atoms with Crippen LogP contribution in [0, 0.1) is 10.1 Å². The molecule has 1 fully saturated rings. The summed E-state index contributed by atoms with van der Waals surface area (Å²) in [6.07, 6.45) is 1.75. The van der Waals surface area contributed by atoms with Gasteiger partial charge >= 0.3 is 0 Å². The molecule has 1 aliphatic rings. The number of para-hydroxylation sites is 1. The lowest BCUT2D eigenvalue weighted by molar-refractivity contribution is -0.387. The highest BCUT2D eigenvalue weighted by atomic mass is 32.2. The van der Waals surface area contributed by atoms with Crippen molar-refractivity contribution in [2.45, 2.75) is 30.2 Å². The summed E-state index contributed by atoms with van der Waals surface area (Å²) in [6.45, 7) is 1.28. The Morgan fingerprint density at radius 1 is 1.19 bits per heavy atom. The van der Waals surface area contributed by atoms with Crippen molar-refractivity contribution >= 4 is 27.0 Å². The number of benzene rings is 1. The minimum Gasteiger partial charge on any atom is -0.381 e. The molecule has 26 heavy (non-hydrogen) atoms. The van der Waals surface area contributed by atoms with Gasteiger partial charge in [0.1, 0.15) is 0 Å². The average molecular weight is 396 g/mol. The lowest BCUT2D eigenvalue weighted by Gasteiger charge is -2.33. The van der Waals surface area contributed by atoms with E-state index in [0.29, 0.717) is 39.0 Å². The van der Waals surface area contributed by atoms with Crippen molar-refractivity contribution in [3.05, 3.63) is 56.8 Å². The number of hydrogen-bond donors (Lipinski definition) is 0. The zero-order chi connectivity index (χ0) is 18.6. The van der Waals surface area contributed by atoms with Gasteiger partial charge in [-0.1, -0.05) is 18.2 Å². The highest BCUT2D eigenvalue weighted by Gasteiger charge is 2.36. The minimum atomic E-state index is -3.99. The molecule has 3 rings (SSSR count). The number of ether oxygens (including phenoxy) is 1. The molecule has 9 heteroatoms. The normalized spacial score (nSPS) is 16.0. The first kappa shape index (κ1) is 19.0. The third-order valence-corrected chi connectivity index (χ3v) is 7.34. The number of nitro groups is 1. The number of nitro benzene ring substituents is 1. The maximum absolute atomic E-state index is 13.3. The average Bonchev–Trinajstić information content (AvgIpc) is 3.16. The van der Waals surface area contributed by atoms with Gasteiger partial charge in [0, 0.05) is 36.7 Å². The molecule has 2 heterocycles. The Balaban J connectivity index is 1.95. The highest BCUT2D eigenvalue weighted by molar-refractivity contribution is 7.89. The molecule has 0 radical (unpaired) electrons. The van der Waals surface area contributed by atoms with Crippen molar-refractivity contribution in [1.29, 1.82) is 0 Å². The number of thiophene rings is 1. The van der Waals surface area contributed by atoms with Crippen molar-refractivity contribution in [2.75, 3.05) is 19.8 Å². The Labute approximate surface area is 156 Å².